The van der Waals surface area contributed by atoms with Gasteiger partial charge in [-0.3, -0.25) is 4.90 Å². The van der Waals surface area contributed by atoms with Crippen LogP contribution >= 0.6 is 24.0 Å². The van der Waals surface area contributed by atoms with Gasteiger partial charge in [0.15, 0.2) is 5.96 Å². The predicted octanol–water partition coefficient (Wildman–Crippen LogP) is 2.22. The molecule has 0 spiro atoms. The first-order valence-corrected chi connectivity index (χ1v) is 12.0. The summed E-state index contributed by atoms with van der Waals surface area (Å²) in [4.78, 5) is 12.4. The lowest BCUT2D eigenvalue weighted by Crippen LogP contribution is -2.39. The minimum Gasteiger partial charge on any atom is -0.379 e. The van der Waals surface area contributed by atoms with Gasteiger partial charge in [0, 0.05) is 45.8 Å². The topological polar surface area (TPSA) is 55.4 Å². The van der Waals surface area contributed by atoms with Crippen molar-refractivity contribution in [3.05, 3.63) is 35.4 Å². The lowest BCUT2D eigenvalue weighted by Gasteiger charge is -2.27. The molecule has 0 radical (unpaired) electrons. The Morgan fingerprint density at radius 3 is 2.53 bits per heavy atom. The second kappa shape index (κ2) is 15.8. The van der Waals surface area contributed by atoms with E-state index in [0.717, 1.165) is 64.9 Å². The van der Waals surface area contributed by atoms with Crippen LogP contribution in [0.4, 0.5) is 0 Å². The highest BCUT2D eigenvalue weighted by Crippen LogP contribution is 2.14. The van der Waals surface area contributed by atoms with Crippen molar-refractivity contribution >= 4 is 29.9 Å². The molecule has 8 heteroatoms. The number of aliphatic imine (C=N–C) groups is 1. The van der Waals surface area contributed by atoms with E-state index in [0.29, 0.717) is 6.54 Å². The molecule has 0 bridgehead atoms. The second-order valence-corrected chi connectivity index (χ2v) is 8.63. The number of hydrogen-bond acceptors (Lipinski definition) is 5. The smallest absolute Gasteiger partial charge is 0.191 e. The molecule has 0 atom stereocenters. The van der Waals surface area contributed by atoms with Crippen molar-refractivity contribution in [2.45, 2.75) is 32.9 Å². The van der Waals surface area contributed by atoms with Crippen molar-refractivity contribution in [1.29, 1.82) is 0 Å². The molecule has 0 unspecified atom stereocenters. The molecule has 0 saturated carbocycles. The normalized spacial score (nSPS) is 19.2. The average molecular weight is 559 g/mol. The molecule has 3 rings (SSSR count). The first-order valence-electron chi connectivity index (χ1n) is 12.0. The Bertz CT molecular complexity index is 668. The molecule has 1 aromatic rings. The third kappa shape index (κ3) is 9.91. The van der Waals surface area contributed by atoms with E-state index in [9.17, 15) is 0 Å². The molecule has 2 aliphatic rings. The number of guanidine groups is 1. The van der Waals surface area contributed by atoms with E-state index in [1.165, 1.54) is 43.7 Å². The zero-order valence-corrected chi connectivity index (χ0v) is 22.4. The largest absolute Gasteiger partial charge is 0.379 e. The quantitative estimate of drug-likeness (QED) is 0.210. The molecule has 0 amide bonds. The van der Waals surface area contributed by atoms with Crippen molar-refractivity contribution in [1.82, 2.24) is 25.3 Å². The summed E-state index contributed by atoms with van der Waals surface area (Å²) in [6, 6.07) is 8.69. The summed E-state index contributed by atoms with van der Waals surface area (Å²) >= 11 is 0. The maximum absolute atomic E-state index is 5.48. The molecule has 0 aromatic heterocycles. The Balaban J connectivity index is 0.00000363. The second-order valence-electron chi connectivity index (χ2n) is 8.63. The molecule has 2 fully saturated rings. The number of hydrogen-bond donors (Lipinski definition) is 2. The minimum absolute atomic E-state index is 0. The highest BCUT2D eigenvalue weighted by molar-refractivity contribution is 14.0. The van der Waals surface area contributed by atoms with Crippen molar-refractivity contribution in [3.8, 4) is 0 Å². The predicted molar refractivity (Wildman–Crippen MR) is 144 cm³/mol. The SMILES string of the molecule is CCNC(=NCc1ccccc1CN1CCOCC1)NCCCN1CCCN(C)CC1.I. The minimum atomic E-state index is 0. The van der Waals surface area contributed by atoms with Gasteiger partial charge in [0.05, 0.1) is 19.8 Å². The zero-order valence-electron chi connectivity index (χ0n) is 20.0. The first kappa shape index (κ1) is 27.3. The van der Waals surface area contributed by atoms with E-state index < -0.39 is 0 Å². The number of ether oxygens (including phenoxy) is 1. The van der Waals surface area contributed by atoms with Crippen LogP contribution < -0.4 is 10.6 Å². The fourth-order valence-electron chi connectivity index (χ4n) is 4.21. The van der Waals surface area contributed by atoms with Gasteiger partial charge in [0.1, 0.15) is 0 Å². The Morgan fingerprint density at radius 1 is 0.969 bits per heavy atom. The lowest BCUT2D eigenvalue weighted by molar-refractivity contribution is 0.0341. The van der Waals surface area contributed by atoms with Gasteiger partial charge in [-0.2, -0.15) is 0 Å². The van der Waals surface area contributed by atoms with Crippen molar-refractivity contribution < 1.29 is 4.74 Å². The van der Waals surface area contributed by atoms with Crippen molar-refractivity contribution in [2.24, 2.45) is 4.99 Å². The molecule has 2 heterocycles. The molecule has 2 aliphatic heterocycles. The van der Waals surface area contributed by atoms with Gasteiger partial charge in [0.25, 0.3) is 0 Å². The number of morpholine rings is 1. The molecule has 182 valence electrons. The van der Waals surface area contributed by atoms with E-state index in [4.69, 9.17) is 9.73 Å². The van der Waals surface area contributed by atoms with Crippen LogP contribution in [0, 0.1) is 0 Å². The van der Waals surface area contributed by atoms with Gasteiger partial charge in [-0.05, 0) is 57.6 Å². The summed E-state index contributed by atoms with van der Waals surface area (Å²) in [5, 5.41) is 6.93. The van der Waals surface area contributed by atoms with Crippen LogP contribution in [-0.4, -0.2) is 99.8 Å². The number of nitrogens with one attached hydrogen (secondary N) is 2. The highest BCUT2D eigenvalue weighted by atomic mass is 127. The lowest BCUT2D eigenvalue weighted by atomic mass is 10.1. The summed E-state index contributed by atoms with van der Waals surface area (Å²) in [6.07, 6.45) is 2.42. The summed E-state index contributed by atoms with van der Waals surface area (Å²) < 4.78 is 5.48. The monoisotopic (exact) mass is 558 g/mol. The Kier molecular flexibility index (Phi) is 13.5. The van der Waals surface area contributed by atoms with Crippen LogP contribution in [0.25, 0.3) is 0 Å². The van der Waals surface area contributed by atoms with Crippen molar-refractivity contribution in [2.75, 3.05) is 79.2 Å². The molecule has 2 saturated heterocycles. The third-order valence-electron chi connectivity index (χ3n) is 6.12. The fraction of sp³-hybridized carbons (Fsp3) is 0.708. The average Bonchev–Trinajstić information content (AvgIpc) is 3.00. The van der Waals surface area contributed by atoms with Crippen LogP contribution in [0.5, 0.6) is 0 Å². The molecular formula is C24H43IN6O. The van der Waals surface area contributed by atoms with Gasteiger partial charge in [-0.1, -0.05) is 24.3 Å². The number of nitrogens with zero attached hydrogens (tertiary/aromatic N) is 4. The molecular weight excluding hydrogens is 515 g/mol. The Hall–Kier alpha value is -0.940. The standard InChI is InChI=1S/C24H42N6O.HI/c1-3-25-24(26-10-6-12-29-13-7-11-28(2)14-15-29)27-20-22-8-4-5-9-23(22)21-30-16-18-31-19-17-30;/h4-5,8-9H,3,6-7,10-21H2,1-2H3,(H2,25,26,27);1H. The summed E-state index contributed by atoms with van der Waals surface area (Å²) in [7, 11) is 2.23. The van der Waals surface area contributed by atoms with Crippen LogP contribution in [-0.2, 0) is 17.8 Å². The number of likely N-dealkylation sites (N-methyl/N-ethyl adjacent to an activating group) is 1. The van der Waals surface area contributed by atoms with Gasteiger partial charge in [-0.15, -0.1) is 24.0 Å². The summed E-state index contributed by atoms with van der Waals surface area (Å²) in [6.45, 7) is 15.3. The van der Waals surface area contributed by atoms with E-state index in [1.54, 1.807) is 0 Å². The fourth-order valence-corrected chi connectivity index (χ4v) is 4.21. The molecule has 0 aliphatic carbocycles. The van der Waals surface area contributed by atoms with Gasteiger partial charge in [-0.25, -0.2) is 4.99 Å². The van der Waals surface area contributed by atoms with Gasteiger partial charge in [0.2, 0.25) is 0 Å². The summed E-state index contributed by atoms with van der Waals surface area (Å²) in [5.74, 6) is 0.916. The van der Waals surface area contributed by atoms with Crippen LogP contribution in [0.2, 0.25) is 0 Å². The summed E-state index contributed by atoms with van der Waals surface area (Å²) in [5.41, 5.74) is 2.68. The maximum Gasteiger partial charge on any atom is 0.191 e. The Labute approximate surface area is 212 Å². The molecule has 1 aromatic carbocycles. The van der Waals surface area contributed by atoms with Crippen molar-refractivity contribution in [3.63, 3.8) is 0 Å². The number of benzene rings is 1. The van der Waals surface area contributed by atoms with Gasteiger partial charge >= 0.3 is 0 Å². The van der Waals surface area contributed by atoms with Crippen LogP contribution in [0.15, 0.2) is 29.3 Å². The zero-order chi connectivity index (χ0) is 21.7. The van der Waals surface area contributed by atoms with E-state index >= 15 is 0 Å². The molecule has 7 nitrogen and oxygen atoms in total. The Morgan fingerprint density at radius 2 is 1.75 bits per heavy atom. The maximum atomic E-state index is 5.48. The van der Waals surface area contributed by atoms with Gasteiger partial charge < -0.3 is 25.2 Å². The third-order valence-corrected chi connectivity index (χ3v) is 6.12. The highest BCUT2D eigenvalue weighted by Gasteiger charge is 2.13. The van der Waals surface area contributed by atoms with E-state index in [2.05, 4.69) is 63.6 Å². The van der Waals surface area contributed by atoms with Crippen LogP contribution in [0.3, 0.4) is 0 Å². The van der Waals surface area contributed by atoms with E-state index in [1.807, 2.05) is 0 Å². The number of halogens is 1. The van der Waals surface area contributed by atoms with E-state index in [-0.39, 0.29) is 24.0 Å². The number of rotatable bonds is 9. The molecule has 2 N–H and O–H groups in total. The van der Waals surface area contributed by atoms with Crippen LogP contribution in [0.1, 0.15) is 30.9 Å². The molecule has 32 heavy (non-hydrogen) atoms. The first-order chi connectivity index (χ1) is 15.2.